The number of imidazole rings is 1. The summed E-state index contributed by atoms with van der Waals surface area (Å²) in [5.74, 6) is 0. The summed E-state index contributed by atoms with van der Waals surface area (Å²) in [6.07, 6.45) is 5.95. The molecule has 0 aliphatic heterocycles. The van der Waals surface area contributed by atoms with Gasteiger partial charge in [-0.3, -0.25) is 0 Å². The highest BCUT2D eigenvalue weighted by Gasteiger charge is 2.37. The zero-order valence-corrected chi connectivity index (χ0v) is 8.20. The van der Waals surface area contributed by atoms with Crippen LogP contribution in [-0.2, 0) is 6.61 Å². The second-order valence-electron chi connectivity index (χ2n) is 4.68. The number of hydrogen-bond donors (Lipinski definition) is 1. The minimum absolute atomic E-state index is 0.0942. The molecule has 1 aromatic heterocycles. The lowest BCUT2D eigenvalue weighted by atomic mass is 9.68. The molecule has 2 rings (SSSR count). The maximum absolute atomic E-state index is 9.05. The lowest BCUT2D eigenvalue weighted by Gasteiger charge is -2.43. The first-order chi connectivity index (χ1) is 6.12. The molecule has 0 bridgehead atoms. The highest BCUT2D eigenvalue weighted by molar-refractivity contribution is 5.03. The van der Waals surface area contributed by atoms with E-state index in [0.717, 1.165) is 5.69 Å². The number of rotatable bonds is 2. The molecule has 0 atom stereocenters. The molecule has 1 aromatic rings. The summed E-state index contributed by atoms with van der Waals surface area (Å²) < 4.78 is 2.10. The monoisotopic (exact) mass is 180 g/mol. The average molecular weight is 180 g/mol. The molecule has 3 nitrogen and oxygen atoms in total. The predicted molar refractivity (Wildman–Crippen MR) is 50.2 cm³/mol. The van der Waals surface area contributed by atoms with Gasteiger partial charge in [-0.1, -0.05) is 13.8 Å². The smallest absolute Gasteiger partial charge is 0.0951 e. The second kappa shape index (κ2) is 2.84. The normalized spacial score (nSPS) is 21.5. The Kier molecular flexibility index (Phi) is 1.91. The van der Waals surface area contributed by atoms with Crippen LogP contribution in [0, 0.1) is 5.41 Å². The summed E-state index contributed by atoms with van der Waals surface area (Å²) in [5, 5.41) is 9.05. The van der Waals surface area contributed by atoms with Crippen LogP contribution in [0.5, 0.6) is 0 Å². The van der Waals surface area contributed by atoms with Gasteiger partial charge in [0, 0.05) is 6.04 Å². The maximum Gasteiger partial charge on any atom is 0.0951 e. The van der Waals surface area contributed by atoms with Crippen LogP contribution >= 0.6 is 0 Å². The van der Waals surface area contributed by atoms with E-state index in [-0.39, 0.29) is 6.61 Å². The Bertz CT molecular complexity index is 296. The lowest BCUT2D eigenvalue weighted by molar-refractivity contribution is 0.0983. The molecule has 0 spiro atoms. The van der Waals surface area contributed by atoms with Crippen molar-refractivity contribution in [2.45, 2.75) is 39.3 Å². The van der Waals surface area contributed by atoms with Crippen LogP contribution < -0.4 is 0 Å². The minimum atomic E-state index is 0.0942. The molecule has 13 heavy (non-hydrogen) atoms. The van der Waals surface area contributed by atoms with Gasteiger partial charge in [-0.25, -0.2) is 4.98 Å². The number of aliphatic hydroxyl groups is 1. The molecular weight excluding hydrogens is 164 g/mol. The van der Waals surface area contributed by atoms with E-state index in [0.29, 0.717) is 11.5 Å². The third-order valence-electron chi connectivity index (χ3n) is 2.88. The molecule has 0 radical (unpaired) electrons. The first-order valence-electron chi connectivity index (χ1n) is 4.74. The molecule has 1 heterocycles. The Labute approximate surface area is 78.4 Å². The Morgan fingerprint density at radius 3 is 2.85 bits per heavy atom. The predicted octanol–water partition coefficient (Wildman–Crippen LogP) is 1.74. The van der Waals surface area contributed by atoms with Crippen molar-refractivity contribution in [2.24, 2.45) is 5.41 Å². The van der Waals surface area contributed by atoms with Crippen molar-refractivity contribution in [1.82, 2.24) is 9.55 Å². The lowest BCUT2D eigenvalue weighted by Crippen LogP contribution is -2.34. The molecule has 3 heteroatoms. The summed E-state index contributed by atoms with van der Waals surface area (Å²) in [7, 11) is 0. The first kappa shape index (κ1) is 8.75. The summed E-state index contributed by atoms with van der Waals surface area (Å²) in [5.41, 5.74) is 1.40. The molecule has 0 saturated heterocycles. The van der Waals surface area contributed by atoms with Crippen molar-refractivity contribution in [3.63, 3.8) is 0 Å². The number of aromatic nitrogens is 2. The summed E-state index contributed by atoms with van der Waals surface area (Å²) in [6, 6.07) is 0.555. The summed E-state index contributed by atoms with van der Waals surface area (Å²) >= 11 is 0. The molecule has 1 N–H and O–H groups in total. The highest BCUT2D eigenvalue weighted by Crippen LogP contribution is 2.47. The van der Waals surface area contributed by atoms with Gasteiger partial charge in [-0.05, 0) is 18.3 Å². The van der Waals surface area contributed by atoms with Gasteiger partial charge < -0.3 is 9.67 Å². The summed E-state index contributed by atoms with van der Waals surface area (Å²) in [4.78, 5) is 4.05. The number of nitrogens with zero attached hydrogens (tertiary/aromatic N) is 2. The van der Waals surface area contributed by atoms with Crippen LogP contribution in [-0.4, -0.2) is 14.7 Å². The number of hydrogen-bond acceptors (Lipinski definition) is 2. The van der Waals surface area contributed by atoms with Gasteiger partial charge in [0.25, 0.3) is 0 Å². The van der Waals surface area contributed by atoms with Gasteiger partial charge in [0.15, 0.2) is 0 Å². The quantitative estimate of drug-likeness (QED) is 0.752. The topological polar surface area (TPSA) is 38.0 Å². The Morgan fingerprint density at radius 2 is 2.31 bits per heavy atom. The average Bonchev–Trinajstić information content (AvgIpc) is 2.46. The van der Waals surface area contributed by atoms with Crippen molar-refractivity contribution in [2.75, 3.05) is 0 Å². The summed E-state index contributed by atoms with van der Waals surface area (Å²) in [6.45, 7) is 4.65. The van der Waals surface area contributed by atoms with Gasteiger partial charge in [0.1, 0.15) is 0 Å². The standard InChI is InChI=1S/C10H16N2O/c1-10(2)3-8(4-10)12-7-11-5-9(12)6-13/h5,7-8,13H,3-4,6H2,1-2H3. The third-order valence-corrected chi connectivity index (χ3v) is 2.88. The van der Waals surface area contributed by atoms with Gasteiger partial charge in [0.05, 0.1) is 24.8 Å². The Hall–Kier alpha value is -0.830. The van der Waals surface area contributed by atoms with Gasteiger partial charge in [0.2, 0.25) is 0 Å². The first-order valence-corrected chi connectivity index (χ1v) is 4.74. The molecule has 72 valence electrons. The zero-order chi connectivity index (χ0) is 9.47. The van der Waals surface area contributed by atoms with Gasteiger partial charge >= 0.3 is 0 Å². The van der Waals surface area contributed by atoms with Crippen LogP contribution in [0.3, 0.4) is 0 Å². The van der Waals surface area contributed by atoms with Crippen LogP contribution in [0.2, 0.25) is 0 Å². The fourth-order valence-electron chi connectivity index (χ4n) is 2.20. The van der Waals surface area contributed by atoms with Crippen molar-refractivity contribution >= 4 is 0 Å². The number of aliphatic hydroxyl groups excluding tert-OH is 1. The van der Waals surface area contributed by atoms with E-state index in [4.69, 9.17) is 5.11 Å². The van der Waals surface area contributed by atoms with Crippen LogP contribution in [0.1, 0.15) is 38.4 Å². The van der Waals surface area contributed by atoms with Crippen molar-refractivity contribution in [3.05, 3.63) is 18.2 Å². The van der Waals surface area contributed by atoms with Crippen molar-refractivity contribution in [3.8, 4) is 0 Å². The van der Waals surface area contributed by atoms with E-state index < -0.39 is 0 Å². The Morgan fingerprint density at radius 1 is 1.62 bits per heavy atom. The van der Waals surface area contributed by atoms with Gasteiger partial charge in [-0.15, -0.1) is 0 Å². The van der Waals surface area contributed by atoms with E-state index in [1.54, 1.807) is 6.20 Å². The Balaban J connectivity index is 2.11. The molecule has 1 fully saturated rings. The highest BCUT2D eigenvalue weighted by atomic mass is 16.3. The zero-order valence-electron chi connectivity index (χ0n) is 8.20. The molecule has 1 aliphatic carbocycles. The SMILES string of the molecule is CC1(C)CC(n2cncc2CO)C1. The van der Waals surface area contributed by atoms with E-state index in [2.05, 4.69) is 23.4 Å². The fraction of sp³-hybridized carbons (Fsp3) is 0.700. The van der Waals surface area contributed by atoms with Crippen LogP contribution in [0.15, 0.2) is 12.5 Å². The molecule has 1 aliphatic rings. The van der Waals surface area contributed by atoms with Crippen LogP contribution in [0.4, 0.5) is 0 Å². The molecule has 0 unspecified atom stereocenters. The van der Waals surface area contributed by atoms with E-state index in [1.165, 1.54) is 12.8 Å². The maximum atomic E-state index is 9.05. The van der Waals surface area contributed by atoms with Crippen molar-refractivity contribution < 1.29 is 5.11 Å². The molecular formula is C10H16N2O. The molecule has 1 saturated carbocycles. The van der Waals surface area contributed by atoms with E-state index in [9.17, 15) is 0 Å². The van der Waals surface area contributed by atoms with E-state index >= 15 is 0 Å². The molecule has 0 amide bonds. The third kappa shape index (κ3) is 1.48. The molecule has 0 aromatic carbocycles. The van der Waals surface area contributed by atoms with Gasteiger partial charge in [-0.2, -0.15) is 0 Å². The van der Waals surface area contributed by atoms with Crippen LogP contribution in [0.25, 0.3) is 0 Å². The second-order valence-corrected chi connectivity index (χ2v) is 4.68. The minimum Gasteiger partial charge on any atom is -0.390 e. The fourth-order valence-corrected chi connectivity index (χ4v) is 2.20. The van der Waals surface area contributed by atoms with Crippen molar-refractivity contribution in [1.29, 1.82) is 0 Å². The largest absolute Gasteiger partial charge is 0.390 e. The van der Waals surface area contributed by atoms with E-state index in [1.807, 2.05) is 6.33 Å².